The van der Waals surface area contributed by atoms with Gasteiger partial charge in [-0.25, -0.2) is 23.8 Å². The second-order valence-corrected chi connectivity index (χ2v) is 13.1. The molecule has 1 heterocycles. The van der Waals surface area contributed by atoms with Crippen molar-refractivity contribution < 1.29 is 28.1 Å². The van der Waals surface area contributed by atoms with Gasteiger partial charge in [-0.05, 0) is 90.1 Å². The Morgan fingerprint density at radius 3 is 2.00 bits per heavy atom. The van der Waals surface area contributed by atoms with Gasteiger partial charge in [0.05, 0.1) is 21.1 Å². The number of carbonyl (C=O) groups excluding carboxylic acids is 3. The standard InChI is InChI=1S/C28H33N5O6S/c1-27(2,3)38-25(35)32-21-14-11-19(23-29-15-8-16-30-23)17-22(21)31-24(34)18-9-12-20(13-10-18)40(7,37)33-26(36)39-28(4,5)6/h8-17H,1-7H3,(H,31,34)(H,32,35). The highest BCUT2D eigenvalue weighted by Gasteiger charge is 2.20. The maximum Gasteiger partial charge on any atom is 0.442 e. The first-order chi connectivity index (χ1) is 18.5. The van der Waals surface area contributed by atoms with Crippen molar-refractivity contribution in [2.24, 2.45) is 4.36 Å². The van der Waals surface area contributed by atoms with Gasteiger partial charge in [-0.2, -0.15) is 0 Å². The van der Waals surface area contributed by atoms with Crippen molar-refractivity contribution in [3.05, 3.63) is 66.5 Å². The number of aromatic nitrogens is 2. The van der Waals surface area contributed by atoms with Crippen LogP contribution in [0.1, 0.15) is 51.9 Å². The summed E-state index contributed by atoms with van der Waals surface area (Å²) in [5.74, 6) is -0.0748. The van der Waals surface area contributed by atoms with Crippen molar-refractivity contribution >= 4 is 39.2 Å². The highest BCUT2D eigenvalue weighted by Crippen LogP contribution is 2.29. The van der Waals surface area contributed by atoms with Crippen molar-refractivity contribution in [3.8, 4) is 11.4 Å². The van der Waals surface area contributed by atoms with Crippen LogP contribution in [0.3, 0.4) is 0 Å². The molecule has 0 aliphatic heterocycles. The number of ether oxygens (including phenoxy) is 2. The minimum Gasteiger partial charge on any atom is -0.444 e. The molecule has 3 aromatic rings. The molecule has 11 nitrogen and oxygen atoms in total. The third-order valence-electron chi connectivity index (χ3n) is 4.92. The molecule has 0 aliphatic rings. The van der Waals surface area contributed by atoms with Crippen LogP contribution in [0.5, 0.6) is 0 Å². The van der Waals surface area contributed by atoms with Gasteiger partial charge < -0.3 is 14.8 Å². The fourth-order valence-electron chi connectivity index (χ4n) is 3.29. The van der Waals surface area contributed by atoms with E-state index in [1.807, 2.05) is 0 Å². The zero-order valence-electron chi connectivity index (χ0n) is 23.5. The summed E-state index contributed by atoms with van der Waals surface area (Å²) in [4.78, 5) is 46.4. The molecule has 2 aromatic carbocycles. The van der Waals surface area contributed by atoms with Crippen molar-refractivity contribution in [1.29, 1.82) is 0 Å². The quantitative estimate of drug-likeness (QED) is 0.374. The van der Waals surface area contributed by atoms with E-state index in [9.17, 15) is 18.6 Å². The molecule has 0 saturated carbocycles. The number of hydrogen-bond acceptors (Lipinski definition) is 8. The zero-order chi connectivity index (χ0) is 29.7. The molecule has 1 unspecified atom stereocenters. The predicted octanol–water partition coefficient (Wildman–Crippen LogP) is 6.13. The third kappa shape index (κ3) is 8.87. The van der Waals surface area contributed by atoms with Crippen molar-refractivity contribution in [2.75, 3.05) is 16.9 Å². The number of rotatable bonds is 5. The van der Waals surface area contributed by atoms with Crippen LogP contribution in [0.4, 0.5) is 21.0 Å². The number of benzene rings is 2. The fourth-order valence-corrected chi connectivity index (χ4v) is 4.35. The molecular weight excluding hydrogens is 534 g/mol. The minimum absolute atomic E-state index is 0.237. The largest absolute Gasteiger partial charge is 0.444 e. The molecular formula is C28H33N5O6S. The zero-order valence-corrected chi connectivity index (χ0v) is 24.3. The smallest absolute Gasteiger partial charge is 0.442 e. The highest BCUT2D eigenvalue weighted by molar-refractivity contribution is 7.93. The third-order valence-corrected chi connectivity index (χ3v) is 6.57. The number of anilines is 2. The normalized spacial score (nSPS) is 13.0. The first-order valence-electron chi connectivity index (χ1n) is 12.3. The summed E-state index contributed by atoms with van der Waals surface area (Å²) in [6, 6.07) is 12.5. The number of amides is 3. The molecule has 3 amide bonds. The van der Waals surface area contributed by atoms with Crippen molar-refractivity contribution in [3.63, 3.8) is 0 Å². The van der Waals surface area contributed by atoms with Crippen LogP contribution >= 0.6 is 0 Å². The molecule has 0 radical (unpaired) electrons. The molecule has 0 bridgehead atoms. The second-order valence-electron chi connectivity index (χ2n) is 10.8. The van der Waals surface area contributed by atoms with Crippen molar-refractivity contribution in [2.45, 2.75) is 57.6 Å². The van der Waals surface area contributed by atoms with E-state index in [2.05, 4.69) is 25.0 Å². The van der Waals surface area contributed by atoms with Gasteiger partial charge >= 0.3 is 12.2 Å². The molecule has 0 fully saturated rings. The lowest BCUT2D eigenvalue weighted by atomic mass is 10.1. The van der Waals surface area contributed by atoms with Crippen LogP contribution in [0, 0.1) is 0 Å². The average molecular weight is 568 g/mol. The molecule has 0 spiro atoms. The lowest BCUT2D eigenvalue weighted by Gasteiger charge is -2.21. The summed E-state index contributed by atoms with van der Waals surface area (Å²) in [6.45, 7) is 10.3. The van der Waals surface area contributed by atoms with Crippen LogP contribution in [0.2, 0.25) is 0 Å². The topological polar surface area (TPSA) is 149 Å². The van der Waals surface area contributed by atoms with Gasteiger partial charge in [0.1, 0.15) is 11.2 Å². The van der Waals surface area contributed by atoms with E-state index in [1.165, 1.54) is 30.5 Å². The number of carbonyl (C=O) groups is 3. The Kier molecular flexibility index (Phi) is 8.93. The van der Waals surface area contributed by atoms with Gasteiger partial charge in [0.25, 0.3) is 5.91 Å². The highest BCUT2D eigenvalue weighted by atomic mass is 32.2. The van der Waals surface area contributed by atoms with E-state index in [4.69, 9.17) is 9.47 Å². The van der Waals surface area contributed by atoms with Crippen LogP contribution in [0.25, 0.3) is 11.4 Å². The van der Waals surface area contributed by atoms with Gasteiger partial charge in [0, 0.05) is 34.7 Å². The SMILES string of the molecule is CC(C)(C)OC(=O)N=S(C)(=O)c1ccc(C(=O)Nc2cc(-c3ncccn3)ccc2NC(=O)OC(C)(C)C)cc1. The van der Waals surface area contributed by atoms with Crippen LogP contribution in [-0.4, -0.2) is 49.7 Å². The fraction of sp³-hybridized carbons (Fsp3) is 0.321. The summed E-state index contributed by atoms with van der Waals surface area (Å²) < 4.78 is 27.2. The molecule has 1 aromatic heterocycles. The van der Waals surface area contributed by atoms with Gasteiger partial charge in [0.15, 0.2) is 5.82 Å². The van der Waals surface area contributed by atoms with E-state index in [-0.39, 0.29) is 16.1 Å². The van der Waals surface area contributed by atoms with E-state index in [0.717, 1.165) is 0 Å². The van der Waals surface area contributed by atoms with Crippen LogP contribution in [-0.2, 0) is 19.2 Å². The number of nitrogens with one attached hydrogen (secondary N) is 2. The van der Waals surface area contributed by atoms with E-state index >= 15 is 0 Å². The Labute approximate surface area is 233 Å². The maximum absolute atomic E-state index is 13.2. The number of hydrogen-bond donors (Lipinski definition) is 2. The monoisotopic (exact) mass is 567 g/mol. The summed E-state index contributed by atoms with van der Waals surface area (Å²) >= 11 is 0. The summed E-state index contributed by atoms with van der Waals surface area (Å²) in [6.07, 6.45) is 2.88. The lowest BCUT2D eigenvalue weighted by molar-refractivity contribution is 0.0603. The maximum atomic E-state index is 13.2. The molecule has 0 saturated heterocycles. The molecule has 212 valence electrons. The first kappa shape index (κ1) is 30.2. The van der Waals surface area contributed by atoms with Crippen LogP contribution in [0.15, 0.2) is 70.2 Å². The molecule has 12 heteroatoms. The Morgan fingerprint density at radius 1 is 0.825 bits per heavy atom. The molecule has 0 aliphatic carbocycles. The Morgan fingerprint density at radius 2 is 1.43 bits per heavy atom. The lowest BCUT2D eigenvalue weighted by Crippen LogP contribution is -2.27. The number of nitrogens with zero attached hydrogens (tertiary/aromatic N) is 3. The van der Waals surface area contributed by atoms with Gasteiger partial charge in [-0.3, -0.25) is 10.1 Å². The van der Waals surface area contributed by atoms with Gasteiger partial charge in [-0.15, -0.1) is 4.36 Å². The second kappa shape index (κ2) is 11.8. The predicted molar refractivity (Wildman–Crippen MR) is 153 cm³/mol. The summed E-state index contributed by atoms with van der Waals surface area (Å²) in [5, 5.41) is 5.44. The van der Waals surface area contributed by atoms with Gasteiger partial charge in [0.2, 0.25) is 0 Å². The van der Waals surface area contributed by atoms with E-state index in [1.54, 1.807) is 78.2 Å². The summed E-state index contributed by atoms with van der Waals surface area (Å²) in [7, 11) is -3.11. The molecule has 2 N–H and O–H groups in total. The molecule has 3 rings (SSSR count). The Bertz CT molecular complexity index is 1520. The Hall–Kier alpha value is -4.32. The Balaban J connectivity index is 1.88. The van der Waals surface area contributed by atoms with Crippen molar-refractivity contribution in [1.82, 2.24) is 9.97 Å². The van der Waals surface area contributed by atoms with Gasteiger partial charge in [-0.1, -0.05) is 0 Å². The van der Waals surface area contributed by atoms with Crippen LogP contribution < -0.4 is 10.6 Å². The molecule has 40 heavy (non-hydrogen) atoms. The van der Waals surface area contributed by atoms with E-state index in [0.29, 0.717) is 17.1 Å². The summed E-state index contributed by atoms with van der Waals surface area (Å²) in [5.41, 5.74) is -0.0768. The minimum atomic E-state index is -3.11. The average Bonchev–Trinajstić information content (AvgIpc) is 2.83. The van der Waals surface area contributed by atoms with E-state index < -0.39 is 39.0 Å². The first-order valence-corrected chi connectivity index (χ1v) is 14.2. The molecule has 1 atom stereocenters.